The molecule has 0 aliphatic carbocycles. The van der Waals surface area contributed by atoms with Crippen molar-refractivity contribution in [2.75, 3.05) is 19.0 Å². The minimum atomic E-state index is -0.340. The van der Waals surface area contributed by atoms with Crippen molar-refractivity contribution in [3.8, 4) is 17.1 Å². The fourth-order valence-electron chi connectivity index (χ4n) is 3.00. The summed E-state index contributed by atoms with van der Waals surface area (Å²) in [5.74, 6) is 0.500. The molecular formula is C20H23N3O3S. The number of esters is 1. The molecule has 0 radical (unpaired) electrons. The number of rotatable bonds is 6. The zero-order valence-corrected chi connectivity index (χ0v) is 16.9. The molecule has 0 atom stereocenters. The lowest BCUT2D eigenvalue weighted by Crippen LogP contribution is -2.03. The van der Waals surface area contributed by atoms with Crippen molar-refractivity contribution in [3.63, 3.8) is 0 Å². The molecule has 0 unspecified atom stereocenters. The van der Waals surface area contributed by atoms with Crippen LogP contribution in [-0.4, -0.2) is 29.7 Å². The number of aromatic amines is 1. The maximum absolute atomic E-state index is 12.0. The first-order valence-electron chi connectivity index (χ1n) is 8.69. The molecule has 2 aromatic heterocycles. The predicted molar refractivity (Wildman–Crippen MR) is 108 cm³/mol. The van der Waals surface area contributed by atoms with Crippen LogP contribution in [0.3, 0.4) is 0 Å². The van der Waals surface area contributed by atoms with Crippen LogP contribution in [0.15, 0.2) is 24.3 Å². The molecule has 1 aromatic carbocycles. The Labute approximate surface area is 162 Å². The van der Waals surface area contributed by atoms with Gasteiger partial charge in [0.2, 0.25) is 0 Å². The normalized spacial score (nSPS) is 10.7. The second-order valence-electron chi connectivity index (χ2n) is 6.12. The highest BCUT2D eigenvalue weighted by Gasteiger charge is 2.22. The van der Waals surface area contributed by atoms with E-state index in [0.29, 0.717) is 12.2 Å². The van der Waals surface area contributed by atoms with Gasteiger partial charge in [0.25, 0.3) is 0 Å². The van der Waals surface area contributed by atoms with Gasteiger partial charge < -0.3 is 19.8 Å². The molecule has 142 valence electrons. The van der Waals surface area contributed by atoms with E-state index in [1.54, 1.807) is 11.3 Å². The topological polar surface area (TPSA) is 76.2 Å². The van der Waals surface area contributed by atoms with Crippen LogP contribution in [0.2, 0.25) is 0 Å². The molecule has 27 heavy (non-hydrogen) atoms. The third-order valence-electron chi connectivity index (χ3n) is 4.28. The molecule has 0 spiro atoms. The third-order valence-corrected chi connectivity index (χ3v) is 5.16. The van der Waals surface area contributed by atoms with Gasteiger partial charge in [0.1, 0.15) is 11.4 Å². The largest absolute Gasteiger partial charge is 0.494 e. The summed E-state index contributed by atoms with van der Waals surface area (Å²) in [4.78, 5) is 21.1. The minimum absolute atomic E-state index is 0.340. The van der Waals surface area contributed by atoms with Crippen molar-refractivity contribution in [1.82, 2.24) is 9.97 Å². The van der Waals surface area contributed by atoms with E-state index >= 15 is 0 Å². The van der Waals surface area contributed by atoms with Crippen LogP contribution in [0.5, 0.6) is 5.75 Å². The van der Waals surface area contributed by atoms with Gasteiger partial charge in [0, 0.05) is 16.3 Å². The predicted octanol–water partition coefficient (Wildman–Crippen LogP) is 4.99. The molecule has 0 aliphatic rings. The Kier molecular flexibility index (Phi) is 5.51. The molecular weight excluding hydrogens is 362 g/mol. The average Bonchev–Trinajstić information content (AvgIpc) is 3.15. The van der Waals surface area contributed by atoms with Crippen molar-refractivity contribution >= 4 is 28.1 Å². The lowest BCUT2D eigenvalue weighted by molar-refractivity contribution is 0.0599. The fraction of sp³-hybridized carbons (Fsp3) is 0.300. The Morgan fingerprint density at radius 3 is 2.56 bits per heavy atom. The van der Waals surface area contributed by atoms with E-state index in [2.05, 4.69) is 10.3 Å². The quantitative estimate of drug-likeness (QED) is 0.585. The molecule has 0 saturated heterocycles. The van der Waals surface area contributed by atoms with Gasteiger partial charge in [-0.25, -0.2) is 9.78 Å². The minimum Gasteiger partial charge on any atom is -0.494 e. The Morgan fingerprint density at radius 1 is 1.22 bits per heavy atom. The van der Waals surface area contributed by atoms with E-state index in [-0.39, 0.29) is 5.97 Å². The molecule has 7 heteroatoms. The lowest BCUT2D eigenvalue weighted by Gasteiger charge is -2.05. The Hall–Kier alpha value is -2.80. The average molecular weight is 385 g/mol. The van der Waals surface area contributed by atoms with Crippen molar-refractivity contribution < 1.29 is 14.3 Å². The zero-order chi connectivity index (χ0) is 19.6. The number of hydrogen-bond acceptors (Lipinski definition) is 6. The maximum Gasteiger partial charge on any atom is 0.339 e. The number of anilines is 2. The van der Waals surface area contributed by atoms with Crippen molar-refractivity contribution in [3.05, 3.63) is 46.0 Å². The molecule has 0 aliphatic heterocycles. The number of hydrogen-bond donors (Lipinski definition) is 2. The number of H-pyrrole nitrogens is 1. The van der Waals surface area contributed by atoms with E-state index in [4.69, 9.17) is 14.5 Å². The number of nitrogens with one attached hydrogen (secondary N) is 2. The smallest absolute Gasteiger partial charge is 0.339 e. The maximum atomic E-state index is 12.0. The van der Waals surface area contributed by atoms with Gasteiger partial charge in [0.05, 0.1) is 25.0 Å². The van der Waals surface area contributed by atoms with Crippen LogP contribution in [0.25, 0.3) is 11.4 Å². The summed E-state index contributed by atoms with van der Waals surface area (Å²) in [6, 6.07) is 7.77. The number of ether oxygens (including phenoxy) is 2. The van der Waals surface area contributed by atoms with Crippen LogP contribution in [0, 0.1) is 20.8 Å². The third kappa shape index (κ3) is 3.83. The molecule has 3 rings (SSSR count). The Balaban J connectivity index is 1.88. The number of methoxy groups -OCH3 is 1. The van der Waals surface area contributed by atoms with Gasteiger partial charge in [-0.1, -0.05) is 0 Å². The zero-order valence-electron chi connectivity index (χ0n) is 16.1. The van der Waals surface area contributed by atoms with Gasteiger partial charge >= 0.3 is 5.97 Å². The molecule has 0 amide bonds. The first-order chi connectivity index (χ1) is 12.9. The summed E-state index contributed by atoms with van der Waals surface area (Å²) in [5.41, 5.74) is 4.82. The first-order valence-corrected chi connectivity index (χ1v) is 9.51. The van der Waals surface area contributed by atoms with Gasteiger partial charge in [-0.2, -0.15) is 0 Å². The highest BCUT2D eigenvalue weighted by molar-refractivity contribution is 7.16. The van der Waals surface area contributed by atoms with Gasteiger partial charge in [0.15, 0.2) is 5.13 Å². The SMILES string of the molecule is CCOc1ccc(Nc2nc(-c3[nH]c(C)c(C(=O)OC)c3C)c(C)s2)cc1. The van der Waals surface area contributed by atoms with E-state index in [1.165, 1.54) is 7.11 Å². The molecule has 0 saturated carbocycles. The summed E-state index contributed by atoms with van der Waals surface area (Å²) in [5, 5.41) is 4.12. The van der Waals surface area contributed by atoms with Crippen molar-refractivity contribution in [2.24, 2.45) is 0 Å². The summed E-state index contributed by atoms with van der Waals surface area (Å²) < 4.78 is 10.4. The molecule has 6 nitrogen and oxygen atoms in total. The van der Waals surface area contributed by atoms with Crippen molar-refractivity contribution in [2.45, 2.75) is 27.7 Å². The monoisotopic (exact) mass is 385 g/mol. The number of aryl methyl sites for hydroxylation is 2. The molecule has 2 N–H and O–H groups in total. The number of thiazole rings is 1. The second-order valence-corrected chi connectivity index (χ2v) is 7.33. The lowest BCUT2D eigenvalue weighted by atomic mass is 10.1. The van der Waals surface area contributed by atoms with Gasteiger partial charge in [-0.05, 0) is 57.5 Å². The summed E-state index contributed by atoms with van der Waals surface area (Å²) in [6.07, 6.45) is 0. The van der Waals surface area contributed by atoms with E-state index in [1.807, 2.05) is 52.0 Å². The summed E-state index contributed by atoms with van der Waals surface area (Å²) >= 11 is 1.57. The van der Waals surface area contributed by atoms with E-state index in [9.17, 15) is 4.79 Å². The molecule has 0 bridgehead atoms. The van der Waals surface area contributed by atoms with Gasteiger partial charge in [-0.3, -0.25) is 0 Å². The Morgan fingerprint density at radius 2 is 1.93 bits per heavy atom. The number of nitrogens with zero attached hydrogens (tertiary/aromatic N) is 1. The number of carbonyl (C=O) groups excluding carboxylic acids is 1. The second kappa shape index (κ2) is 7.84. The fourth-order valence-corrected chi connectivity index (χ4v) is 3.84. The number of aromatic nitrogens is 2. The standard InChI is InChI=1S/C20H23N3O3S/c1-6-26-15-9-7-14(8-10-15)22-20-23-18(13(4)27-20)17-11(2)16(12(3)21-17)19(24)25-5/h7-10,21H,6H2,1-5H3,(H,22,23). The molecule has 3 aromatic rings. The highest BCUT2D eigenvalue weighted by atomic mass is 32.1. The number of benzene rings is 1. The van der Waals surface area contributed by atoms with Crippen LogP contribution in [-0.2, 0) is 4.74 Å². The Bertz CT molecular complexity index is 958. The molecule has 2 heterocycles. The summed E-state index contributed by atoms with van der Waals surface area (Å²) in [7, 11) is 1.39. The number of carbonyl (C=O) groups is 1. The molecule has 0 fully saturated rings. The van der Waals surface area contributed by atoms with Crippen LogP contribution in [0.4, 0.5) is 10.8 Å². The van der Waals surface area contributed by atoms with E-state index < -0.39 is 0 Å². The van der Waals surface area contributed by atoms with E-state index in [0.717, 1.165) is 44.1 Å². The van der Waals surface area contributed by atoms with Crippen LogP contribution >= 0.6 is 11.3 Å². The van der Waals surface area contributed by atoms with Crippen LogP contribution < -0.4 is 10.1 Å². The summed E-state index contributed by atoms with van der Waals surface area (Å²) in [6.45, 7) is 8.39. The van der Waals surface area contributed by atoms with Crippen molar-refractivity contribution in [1.29, 1.82) is 0 Å². The van der Waals surface area contributed by atoms with Crippen LogP contribution in [0.1, 0.15) is 33.4 Å². The highest BCUT2D eigenvalue weighted by Crippen LogP contribution is 2.35. The first kappa shape index (κ1) is 19.0. The van der Waals surface area contributed by atoms with Gasteiger partial charge in [-0.15, -0.1) is 11.3 Å².